The lowest BCUT2D eigenvalue weighted by atomic mass is 10.1. The Morgan fingerprint density at radius 3 is 2.49 bits per heavy atom. The van der Waals surface area contributed by atoms with Crippen molar-refractivity contribution < 1.29 is 19.0 Å². The number of fused-ring (bicyclic) bond motifs is 1. The molecule has 4 aromatic rings. The van der Waals surface area contributed by atoms with Crippen LogP contribution in [-0.4, -0.2) is 18.5 Å². The number of carbonyl (C=O) groups is 1. The Hall–Kier alpha value is -4.09. The van der Waals surface area contributed by atoms with Crippen molar-refractivity contribution in [2.75, 3.05) is 6.61 Å². The van der Waals surface area contributed by atoms with E-state index in [-0.39, 0.29) is 11.6 Å². The molecule has 0 aliphatic carbocycles. The lowest BCUT2D eigenvalue weighted by molar-refractivity contribution is -0.129. The molecule has 174 valence electrons. The Labute approximate surface area is 208 Å². The highest BCUT2D eigenvalue weighted by molar-refractivity contribution is 6.32. The smallest absolute Gasteiger partial charge is 0.363 e. The molecule has 5 rings (SSSR count). The minimum atomic E-state index is -0.522. The molecule has 0 spiro atoms. The van der Waals surface area contributed by atoms with Crippen LogP contribution >= 0.6 is 11.6 Å². The molecule has 1 heterocycles. The number of benzene rings is 4. The molecule has 1 aliphatic rings. The van der Waals surface area contributed by atoms with Gasteiger partial charge in [-0.05, 0) is 59.2 Å². The predicted molar refractivity (Wildman–Crippen MR) is 138 cm³/mol. The molecule has 4 aromatic carbocycles. The molecule has 1 aliphatic heterocycles. The molecule has 0 N–H and O–H groups in total. The molecule has 5 nitrogen and oxygen atoms in total. The van der Waals surface area contributed by atoms with Crippen molar-refractivity contribution in [3.05, 3.63) is 112 Å². The van der Waals surface area contributed by atoms with Gasteiger partial charge >= 0.3 is 5.97 Å². The number of esters is 1. The van der Waals surface area contributed by atoms with Gasteiger partial charge in [-0.3, -0.25) is 0 Å². The summed E-state index contributed by atoms with van der Waals surface area (Å²) in [5.41, 5.74) is 2.59. The summed E-state index contributed by atoms with van der Waals surface area (Å²) < 4.78 is 17.2. The zero-order chi connectivity index (χ0) is 24.2. The van der Waals surface area contributed by atoms with Crippen molar-refractivity contribution in [2.24, 2.45) is 4.99 Å². The largest absolute Gasteiger partial charge is 0.490 e. The van der Waals surface area contributed by atoms with Gasteiger partial charge in [0.1, 0.15) is 6.61 Å². The summed E-state index contributed by atoms with van der Waals surface area (Å²) in [6, 6.07) is 27.1. The van der Waals surface area contributed by atoms with Gasteiger partial charge in [0.15, 0.2) is 17.2 Å². The Morgan fingerprint density at radius 1 is 0.914 bits per heavy atom. The van der Waals surface area contributed by atoms with Gasteiger partial charge < -0.3 is 14.2 Å². The van der Waals surface area contributed by atoms with E-state index in [0.717, 1.165) is 21.9 Å². The van der Waals surface area contributed by atoms with Crippen LogP contribution in [-0.2, 0) is 16.1 Å². The number of hydrogen-bond acceptors (Lipinski definition) is 5. The van der Waals surface area contributed by atoms with Crippen molar-refractivity contribution in [2.45, 2.75) is 13.5 Å². The first kappa shape index (κ1) is 22.7. The number of halogens is 1. The first-order valence-electron chi connectivity index (χ1n) is 11.3. The van der Waals surface area contributed by atoms with Gasteiger partial charge in [-0.15, -0.1) is 0 Å². The maximum absolute atomic E-state index is 12.6. The first-order chi connectivity index (χ1) is 17.1. The summed E-state index contributed by atoms with van der Waals surface area (Å²) in [5.74, 6) is 0.694. The number of aliphatic imine (C=N–C) groups is 1. The molecule has 0 saturated carbocycles. The van der Waals surface area contributed by atoms with Crippen LogP contribution in [0.3, 0.4) is 0 Å². The Kier molecular flexibility index (Phi) is 6.51. The van der Waals surface area contributed by atoms with Crippen LogP contribution in [0.1, 0.15) is 23.6 Å². The molecule has 0 fully saturated rings. The average Bonchev–Trinajstić information content (AvgIpc) is 3.24. The third-order valence-corrected chi connectivity index (χ3v) is 5.76. The molecule has 0 unspecified atom stereocenters. The molecule has 0 bridgehead atoms. The van der Waals surface area contributed by atoms with Crippen molar-refractivity contribution in [3.8, 4) is 11.5 Å². The van der Waals surface area contributed by atoms with E-state index in [1.54, 1.807) is 18.2 Å². The van der Waals surface area contributed by atoms with Crippen LogP contribution in [0, 0.1) is 0 Å². The quantitative estimate of drug-likeness (QED) is 0.214. The fourth-order valence-electron chi connectivity index (χ4n) is 3.82. The van der Waals surface area contributed by atoms with Crippen LogP contribution in [0.4, 0.5) is 0 Å². The summed E-state index contributed by atoms with van der Waals surface area (Å²) in [5, 5.41) is 2.52. The summed E-state index contributed by atoms with van der Waals surface area (Å²) in [7, 11) is 0. The van der Waals surface area contributed by atoms with Crippen molar-refractivity contribution in [1.29, 1.82) is 0 Å². The monoisotopic (exact) mass is 483 g/mol. The molecule has 0 amide bonds. The number of hydrogen-bond donors (Lipinski definition) is 0. The highest BCUT2D eigenvalue weighted by Gasteiger charge is 2.25. The molecule has 6 heteroatoms. The van der Waals surface area contributed by atoms with E-state index < -0.39 is 5.97 Å². The topological polar surface area (TPSA) is 57.1 Å². The van der Waals surface area contributed by atoms with Crippen LogP contribution < -0.4 is 9.47 Å². The number of carbonyl (C=O) groups excluding carboxylic acids is 1. The number of nitrogens with zero attached hydrogens (tertiary/aromatic N) is 1. The maximum Gasteiger partial charge on any atom is 0.363 e. The zero-order valence-corrected chi connectivity index (χ0v) is 19.8. The van der Waals surface area contributed by atoms with E-state index in [1.165, 1.54) is 0 Å². The molecule has 0 aromatic heterocycles. The zero-order valence-electron chi connectivity index (χ0n) is 19.0. The van der Waals surface area contributed by atoms with Crippen molar-refractivity contribution in [3.63, 3.8) is 0 Å². The highest BCUT2D eigenvalue weighted by Crippen LogP contribution is 2.38. The van der Waals surface area contributed by atoms with Crippen LogP contribution in [0.25, 0.3) is 16.8 Å². The Bertz CT molecular complexity index is 1460. The Morgan fingerprint density at radius 2 is 1.69 bits per heavy atom. The van der Waals surface area contributed by atoms with E-state index in [9.17, 15) is 4.79 Å². The minimum absolute atomic E-state index is 0.185. The summed E-state index contributed by atoms with van der Waals surface area (Å²) in [6.07, 6.45) is 1.63. The molecular formula is C29H22ClNO4. The van der Waals surface area contributed by atoms with E-state index in [1.807, 2.05) is 79.7 Å². The van der Waals surface area contributed by atoms with Gasteiger partial charge in [-0.2, -0.15) is 0 Å². The highest BCUT2D eigenvalue weighted by atomic mass is 35.5. The van der Waals surface area contributed by atoms with Gasteiger partial charge in [0.2, 0.25) is 5.90 Å². The fraction of sp³-hybridized carbons (Fsp3) is 0.103. The SMILES string of the molecule is CCOc1cc(/C=C2\N=C(c3ccc4ccccc4c3)OC2=O)cc(Cl)c1OCc1ccccc1. The first-order valence-corrected chi connectivity index (χ1v) is 11.6. The maximum atomic E-state index is 12.6. The van der Waals surface area contributed by atoms with Gasteiger partial charge in [-0.1, -0.05) is 72.3 Å². The van der Waals surface area contributed by atoms with Crippen molar-refractivity contribution in [1.82, 2.24) is 0 Å². The van der Waals surface area contributed by atoms with Crippen molar-refractivity contribution >= 4 is 40.3 Å². The number of rotatable bonds is 7. The van der Waals surface area contributed by atoms with E-state index >= 15 is 0 Å². The number of ether oxygens (including phenoxy) is 3. The summed E-state index contributed by atoms with van der Waals surface area (Å²) >= 11 is 6.55. The number of cyclic esters (lactones) is 1. The standard InChI is InChI=1S/C29H22ClNO4/c1-2-33-26-16-20(14-24(30)27(26)34-18-19-8-4-3-5-9-19)15-25-29(32)35-28(31-25)23-13-12-21-10-6-7-11-22(21)17-23/h3-17H,2,18H2,1H3/b25-15-. The van der Waals surface area contributed by atoms with E-state index in [2.05, 4.69) is 4.99 Å². The third kappa shape index (κ3) is 5.05. The van der Waals surface area contributed by atoms with E-state index in [4.69, 9.17) is 25.8 Å². The van der Waals surface area contributed by atoms with Gasteiger partial charge in [-0.25, -0.2) is 9.79 Å². The van der Waals surface area contributed by atoms with Crippen LogP contribution in [0.5, 0.6) is 11.5 Å². The summed E-state index contributed by atoms with van der Waals surface area (Å²) in [4.78, 5) is 17.0. The molecule has 0 saturated heterocycles. The lowest BCUT2D eigenvalue weighted by Gasteiger charge is -2.14. The second kappa shape index (κ2) is 10.0. The van der Waals surface area contributed by atoms with Crippen LogP contribution in [0.2, 0.25) is 5.02 Å². The van der Waals surface area contributed by atoms with Gasteiger partial charge in [0, 0.05) is 5.56 Å². The molecule has 0 radical (unpaired) electrons. The molecular weight excluding hydrogens is 462 g/mol. The fourth-order valence-corrected chi connectivity index (χ4v) is 4.09. The molecule has 0 atom stereocenters. The average molecular weight is 484 g/mol. The Balaban J connectivity index is 1.43. The van der Waals surface area contributed by atoms with Gasteiger partial charge in [0.05, 0.1) is 11.6 Å². The second-order valence-corrected chi connectivity index (χ2v) is 8.34. The van der Waals surface area contributed by atoms with Gasteiger partial charge in [0.25, 0.3) is 0 Å². The molecule has 35 heavy (non-hydrogen) atoms. The normalized spacial score (nSPS) is 14.2. The van der Waals surface area contributed by atoms with E-state index in [0.29, 0.717) is 35.3 Å². The summed E-state index contributed by atoms with van der Waals surface area (Å²) in [6.45, 7) is 2.67. The third-order valence-electron chi connectivity index (χ3n) is 5.48. The predicted octanol–water partition coefficient (Wildman–Crippen LogP) is 6.82. The second-order valence-electron chi connectivity index (χ2n) is 7.94. The minimum Gasteiger partial charge on any atom is -0.490 e. The lowest BCUT2D eigenvalue weighted by Crippen LogP contribution is -2.05. The van der Waals surface area contributed by atoms with Crippen LogP contribution in [0.15, 0.2) is 95.6 Å².